The third kappa shape index (κ3) is 4.26. The summed E-state index contributed by atoms with van der Waals surface area (Å²) >= 11 is 5.94. The Bertz CT molecular complexity index is 561. The maximum absolute atomic E-state index is 12.7. The molecule has 0 saturated carbocycles. The van der Waals surface area contributed by atoms with Gasteiger partial charge in [0.05, 0.1) is 10.6 Å². The van der Waals surface area contributed by atoms with Gasteiger partial charge in [-0.1, -0.05) is 24.4 Å². The number of likely N-dealkylation sites (tertiary alicyclic amines) is 2. The monoisotopic (exact) mass is 351 g/mol. The third-order valence-electron chi connectivity index (χ3n) is 5.24. The molecule has 5 nitrogen and oxygen atoms in total. The average molecular weight is 352 g/mol. The van der Waals surface area contributed by atoms with Crippen molar-refractivity contribution in [1.29, 1.82) is 0 Å². The van der Waals surface area contributed by atoms with Crippen LogP contribution in [0, 0.1) is 11.8 Å². The lowest BCUT2D eigenvalue weighted by atomic mass is 9.96. The number of aliphatic hydroxyl groups is 1. The predicted molar refractivity (Wildman–Crippen MR) is 94.1 cm³/mol. The number of nitrogens with zero attached hydrogens (tertiary/aromatic N) is 3. The highest BCUT2D eigenvalue weighted by molar-refractivity contribution is 6.30. The van der Waals surface area contributed by atoms with Crippen molar-refractivity contribution in [3.63, 3.8) is 0 Å². The fraction of sp³-hybridized carbons (Fsp3) is 0.667. The van der Waals surface area contributed by atoms with E-state index in [-0.39, 0.29) is 18.4 Å². The number of amides is 1. The molecule has 2 aliphatic heterocycles. The molecule has 2 fully saturated rings. The van der Waals surface area contributed by atoms with Crippen LogP contribution in [0.2, 0.25) is 5.02 Å². The quantitative estimate of drug-likeness (QED) is 0.904. The van der Waals surface area contributed by atoms with Crippen LogP contribution in [0.1, 0.15) is 36.0 Å². The van der Waals surface area contributed by atoms with Crippen LogP contribution in [-0.4, -0.2) is 65.1 Å². The second-order valence-corrected chi connectivity index (χ2v) is 7.46. The molecule has 2 atom stereocenters. The van der Waals surface area contributed by atoms with Crippen molar-refractivity contribution in [3.8, 4) is 0 Å². The molecule has 6 heteroatoms. The van der Waals surface area contributed by atoms with E-state index in [4.69, 9.17) is 11.6 Å². The molecule has 132 valence electrons. The highest BCUT2D eigenvalue weighted by Gasteiger charge is 2.36. The third-order valence-corrected chi connectivity index (χ3v) is 5.45. The van der Waals surface area contributed by atoms with Gasteiger partial charge in [0.2, 0.25) is 0 Å². The van der Waals surface area contributed by atoms with Gasteiger partial charge in [-0.05, 0) is 37.9 Å². The summed E-state index contributed by atoms with van der Waals surface area (Å²) in [5.41, 5.74) is 0.523. The van der Waals surface area contributed by atoms with E-state index >= 15 is 0 Å². The van der Waals surface area contributed by atoms with Crippen LogP contribution in [0.15, 0.2) is 18.5 Å². The molecule has 0 radical (unpaired) electrons. The van der Waals surface area contributed by atoms with E-state index < -0.39 is 0 Å². The number of hydrogen-bond acceptors (Lipinski definition) is 4. The van der Waals surface area contributed by atoms with Gasteiger partial charge in [0.25, 0.3) is 5.91 Å². The molecule has 0 aliphatic carbocycles. The zero-order chi connectivity index (χ0) is 16.9. The summed E-state index contributed by atoms with van der Waals surface area (Å²) in [4.78, 5) is 21.0. The molecule has 1 amide bonds. The Kier molecular flexibility index (Phi) is 6.09. The predicted octanol–water partition coefficient (Wildman–Crippen LogP) is 2.29. The van der Waals surface area contributed by atoms with Crippen molar-refractivity contribution in [2.24, 2.45) is 11.8 Å². The minimum Gasteiger partial charge on any atom is -0.396 e. The van der Waals surface area contributed by atoms with Gasteiger partial charge in [0.15, 0.2) is 0 Å². The Morgan fingerprint density at radius 2 is 1.88 bits per heavy atom. The number of rotatable bonds is 4. The summed E-state index contributed by atoms with van der Waals surface area (Å²) in [5.74, 6) is 0.454. The molecular weight excluding hydrogens is 326 g/mol. The van der Waals surface area contributed by atoms with Crippen molar-refractivity contribution in [1.82, 2.24) is 14.8 Å². The van der Waals surface area contributed by atoms with Gasteiger partial charge in [-0.3, -0.25) is 9.78 Å². The fourth-order valence-electron chi connectivity index (χ4n) is 3.88. The summed E-state index contributed by atoms with van der Waals surface area (Å²) in [6.07, 6.45) is 8.24. The van der Waals surface area contributed by atoms with Gasteiger partial charge in [-0.25, -0.2) is 0 Å². The highest BCUT2D eigenvalue weighted by Crippen LogP contribution is 2.26. The van der Waals surface area contributed by atoms with Gasteiger partial charge in [-0.2, -0.15) is 0 Å². The van der Waals surface area contributed by atoms with Gasteiger partial charge >= 0.3 is 0 Å². The molecule has 3 heterocycles. The average Bonchev–Trinajstić information content (AvgIpc) is 2.81. The summed E-state index contributed by atoms with van der Waals surface area (Å²) in [5, 5.41) is 10.2. The van der Waals surface area contributed by atoms with Crippen molar-refractivity contribution < 1.29 is 9.90 Å². The number of carbonyl (C=O) groups excluding carboxylic acids is 1. The lowest BCUT2D eigenvalue weighted by molar-refractivity contribution is 0.0778. The first kappa shape index (κ1) is 17.6. The zero-order valence-electron chi connectivity index (χ0n) is 14.0. The van der Waals surface area contributed by atoms with Crippen LogP contribution in [0.25, 0.3) is 0 Å². The van der Waals surface area contributed by atoms with Gasteiger partial charge in [0.1, 0.15) is 0 Å². The number of pyridine rings is 1. The number of aliphatic hydroxyl groups excluding tert-OH is 1. The Labute approximate surface area is 148 Å². The minimum atomic E-state index is -0.0400. The maximum Gasteiger partial charge on any atom is 0.255 e. The van der Waals surface area contributed by atoms with Gasteiger partial charge in [0, 0.05) is 44.6 Å². The number of hydrogen-bond donors (Lipinski definition) is 1. The second-order valence-electron chi connectivity index (χ2n) is 7.02. The molecule has 1 N–H and O–H groups in total. The SMILES string of the molecule is O=C(c1cncc(Cl)c1)N1C[C@@H](CN2CCCCCC2)[C@@H](CO)C1. The first-order chi connectivity index (χ1) is 11.7. The van der Waals surface area contributed by atoms with Crippen LogP contribution >= 0.6 is 11.6 Å². The molecule has 24 heavy (non-hydrogen) atoms. The number of halogens is 1. The molecule has 0 bridgehead atoms. The van der Waals surface area contributed by atoms with E-state index in [2.05, 4.69) is 9.88 Å². The van der Waals surface area contributed by atoms with Crippen molar-refractivity contribution in [2.75, 3.05) is 39.3 Å². The van der Waals surface area contributed by atoms with Gasteiger partial charge < -0.3 is 14.9 Å². The fourth-order valence-corrected chi connectivity index (χ4v) is 4.05. The van der Waals surface area contributed by atoms with Crippen molar-refractivity contribution in [3.05, 3.63) is 29.0 Å². The van der Waals surface area contributed by atoms with Crippen LogP contribution < -0.4 is 0 Å². The smallest absolute Gasteiger partial charge is 0.255 e. The number of carbonyl (C=O) groups is 1. The maximum atomic E-state index is 12.7. The molecule has 0 aromatic carbocycles. The summed E-state index contributed by atoms with van der Waals surface area (Å²) in [6.45, 7) is 4.70. The van der Waals surface area contributed by atoms with Gasteiger partial charge in [-0.15, -0.1) is 0 Å². The Balaban J connectivity index is 1.64. The molecule has 0 unspecified atom stereocenters. The second kappa shape index (κ2) is 8.28. The standard InChI is InChI=1S/C18H26ClN3O2/c19-17-7-14(8-20-9-17)18(24)22-11-15(16(12-22)13-23)10-21-5-3-1-2-4-6-21/h7-9,15-16,23H,1-6,10-13H2/t15-,16-/m1/s1. The van der Waals surface area contributed by atoms with E-state index in [0.29, 0.717) is 29.6 Å². The summed E-state index contributed by atoms with van der Waals surface area (Å²) in [6, 6.07) is 1.66. The van der Waals surface area contributed by atoms with Crippen LogP contribution in [-0.2, 0) is 0 Å². The normalized spacial score (nSPS) is 25.7. The molecule has 0 spiro atoms. The highest BCUT2D eigenvalue weighted by atomic mass is 35.5. The first-order valence-electron chi connectivity index (χ1n) is 8.90. The van der Waals surface area contributed by atoms with E-state index in [1.54, 1.807) is 12.3 Å². The van der Waals surface area contributed by atoms with E-state index in [9.17, 15) is 9.90 Å². The summed E-state index contributed by atoms with van der Waals surface area (Å²) in [7, 11) is 0. The van der Waals surface area contributed by atoms with E-state index in [1.807, 2.05) is 4.90 Å². The molecule has 2 saturated heterocycles. The molecule has 3 rings (SSSR count). The lowest BCUT2D eigenvalue weighted by Gasteiger charge is -2.26. The zero-order valence-corrected chi connectivity index (χ0v) is 14.8. The summed E-state index contributed by atoms with van der Waals surface area (Å²) < 4.78 is 0. The van der Waals surface area contributed by atoms with E-state index in [0.717, 1.165) is 19.6 Å². The Morgan fingerprint density at radius 3 is 2.54 bits per heavy atom. The largest absolute Gasteiger partial charge is 0.396 e. The van der Waals surface area contributed by atoms with E-state index in [1.165, 1.54) is 31.9 Å². The topological polar surface area (TPSA) is 56.7 Å². The molecule has 2 aliphatic rings. The van der Waals surface area contributed by atoms with Crippen LogP contribution in [0.4, 0.5) is 0 Å². The van der Waals surface area contributed by atoms with Crippen LogP contribution in [0.3, 0.4) is 0 Å². The lowest BCUT2D eigenvalue weighted by Crippen LogP contribution is -2.35. The van der Waals surface area contributed by atoms with Crippen LogP contribution in [0.5, 0.6) is 0 Å². The first-order valence-corrected chi connectivity index (χ1v) is 9.28. The molecule has 1 aromatic rings. The van der Waals surface area contributed by atoms with Crippen molar-refractivity contribution >= 4 is 17.5 Å². The molecular formula is C18H26ClN3O2. The van der Waals surface area contributed by atoms with Crippen molar-refractivity contribution in [2.45, 2.75) is 25.7 Å². The molecule has 1 aromatic heterocycles. The Morgan fingerprint density at radius 1 is 1.17 bits per heavy atom. The Hall–Kier alpha value is -1.17. The minimum absolute atomic E-state index is 0.0400. The number of aromatic nitrogens is 1.